The van der Waals surface area contributed by atoms with E-state index < -0.39 is 8.80 Å². The Morgan fingerprint density at radius 2 is 1.88 bits per heavy atom. The Labute approximate surface area is 109 Å². The van der Waals surface area contributed by atoms with E-state index in [0.29, 0.717) is 26.7 Å². The lowest BCUT2D eigenvalue weighted by Gasteiger charge is -2.31. The molecule has 0 fully saturated rings. The van der Waals surface area contributed by atoms with Gasteiger partial charge in [-0.3, -0.25) is 5.32 Å². The molecule has 1 N–H and O–H groups in total. The summed E-state index contributed by atoms with van der Waals surface area (Å²) in [6.45, 7) is 10.2. The summed E-state index contributed by atoms with van der Waals surface area (Å²) in [5.41, 5.74) is 0. The van der Waals surface area contributed by atoms with Gasteiger partial charge in [0.2, 0.25) is 0 Å². The lowest BCUT2D eigenvalue weighted by molar-refractivity contribution is 0.0269. The molecule has 0 bridgehead atoms. The highest BCUT2D eigenvalue weighted by molar-refractivity contribution is 6.60. The Balaban J connectivity index is 4.47. The third-order valence-corrected chi connectivity index (χ3v) is 5.49. The normalized spacial score (nSPS) is 14.7. The Hall–Kier alpha value is 0.0569. The SMILES string of the molecule is [2H]CCNC(C)O[Si](CCCC)(OCC)OCC. The molecule has 17 heavy (non-hydrogen) atoms. The van der Waals surface area contributed by atoms with Crippen LogP contribution in [0.25, 0.3) is 0 Å². The first-order valence-electron chi connectivity index (χ1n) is 7.33. The fourth-order valence-corrected chi connectivity index (χ4v) is 4.57. The van der Waals surface area contributed by atoms with Crippen LogP contribution in [0.4, 0.5) is 0 Å². The summed E-state index contributed by atoms with van der Waals surface area (Å²) in [4.78, 5) is 0. The molecule has 1 atom stereocenters. The van der Waals surface area contributed by atoms with Crippen molar-refractivity contribution in [1.82, 2.24) is 5.32 Å². The van der Waals surface area contributed by atoms with Crippen molar-refractivity contribution in [3.8, 4) is 0 Å². The largest absolute Gasteiger partial charge is 0.502 e. The van der Waals surface area contributed by atoms with Gasteiger partial charge in [-0.25, -0.2) is 0 Å². The number of unbranched alkanes of at least 4 members (excludes halogenated alkanes) is 1. The maximum atomic E-state index is 7.13. The van der Waals surface area contributed by atoms with E-state index >= 15 is 0 Å². The fraction of sp³-hybridized carbons (Fsp3) is 1.00. The summed E-state index contributed by atoms with van der Waals surface area (Å²) < 4.78 is 24.8. The van der Waals surface area contributed by atoms with Gasteiger partial charge in [-0.1, -0.05) is 20.2 Å². The van der Waals surface area contributed by atoms with Crippen molar-refractivity contribution >= 4 is 8.80 Å². The second-order valence-electron chi connectivity index (χ2n) is 3.87. The number of hydrogen-bond donors (Lipinski definition) is 1. The molecule has 1 unspecified atom stereocenters. The predicted octanol–water partition coefficient (Wildman–Crippen LogP) is 2.77. The van der Waals surface area contributed by atoms with Gasteiger partial charge in [0.25, 0.3) is 0 Å². The maximum Gasteiger partial charge on any atom is 0.502 e. The topological polar surface area (TPSA) is 39.7 Å². The third-order valence-electron chi connectivity index (χ3n) is 2.35. The van der Waals surface area contributed by atoms with Crippen LogP contribution in [0.3, 0.4) is 0 Å². The van der Waals surface area contributed by atoms with Crippen molar-refractivity contribution in [3.63, 3.8) is 0 Å². The van der Waals surface area contributed by atoms with Gasteiger partial charge in [0.15, 0.2) is 0 Å². The van der Waals surface area contributed by atoms with Gasteiger partial charge in [-0.2, -0.15) is 0 Å². The highest BCUT2D eigenvalue weighted by Gasteiger charge is 2.41. The van der Waals surface area contributed by atoms with Crippen molar-refractivity contribution < 1.29 is 14.6 Å². The van der Waals surface area contributed by atoms with Gasteiger partial charge in [0, 0.05) is 20.6 Å². The van der Waals surface area contributed by atoms with Crippen molar-refractivity contribution in [2.45, 2.75) is 59.7 Å². The molecule has 0 aliphatic heterocycles. The van der Waals surface area contributed by atoms with Gasteiger partial charge in [0.05, 0.1) is 6.23 Å². The Bertz CT molecular complexity index is 192. The third kappa shape index (κ3) is 7.16. The van der Waals surface area contributed by atoms with Crippen LogP contribution in [0.1, 0.15) is 48.8 Å². The fourth-order valence-electron chi connectivity index (χ4n) is 1.66. The Kier molecular flexibility index (Phi) is 8.91. The predicted molar refractivity (Wildman–Crippen MR) is 72.9 cm³/mol. The van der Waals surface area contributed by atoms with Crippen molar-refractivity contribution in [2.24, 2.45) is 0 Å². The zero-order chi connectivity index (χ0) is 13.9. The van der Waals surface area contributed by atoms with Crippen molar-refractivity contribution in [2.75, 3.05) is 19.8 Å². The molecule has 0 aromatic carbocycles. The molecule has 0 aromatic heterocycles. The molecular weight excluding hydrogens is 234 g/mol. The number of rotatable bonds is 11. The average Bonchev–Trinajstić information content (AvgIpc) is 2.34. The Morgan fingerprint density at radius 1 is 1.24 bits per heavy atom. The molecule has 104 valence electrons. The van der Waals surface area contributed by atoms with Crippen LogP contribution in [0.5, 0.6) is 0 Å². The van der Waals surface area contributed by atoms with E-state index in [2.05, 4.69) is 12.2 Å². The highest BCUT2D eigenvalue weighted by Crippen LogP contribution is 2.20. The first kappa shape index (κ1) is 15.1. The molecule has 0 aliphatic rings. The van der Waals surface area contributed by atoms with E-state index in [-0.39, 0.29) is 6.23 Å². The summed E-state index contributed by atoms with van der Waals surface area (Å²) in [5, 5.41) is 3.15. The quantitative estimate of drug-likeness (QED) is 0.460. The summed E-state index contributed by atoms with van der Waals surface area (Å²) in [6.07, 6.45) is 2.03. The van der Waals surface area contributed by atoms with Gasteiger partial charge in [0.1, 0.15) is 0 Å². The minimum Gasteiger partial charge on any atom is -0.374 e. The summed E-state index contributed by atoms with van der Waals surface area (Å²) in [5.74, 6) is 0. The molecule has 0 heterocycles. The highest BCUT2D eigenvalue weighted by atomic mass is 28.4. The van der Waals surface area contributed by atoms with Crippen LogP contribution < -0.4 is 5.32 Å². The lowest BCUT2D eigenvalue weighted by Crippen LogP contribution is -2.50. The molecule has 0 aromatic rings. The first-order valence-corrected chi connectivity index (χ1v) is 8.55. The molecule has 0 saturated heterocycles. The molecule has 5 heteroatoms. The second kappa shape index (κ2) is 10.0. The summed E-state index contributed by atoms with van der Waals surface area (Å²) >= 11 is 0. The van der Waals surface area contributed by atoms with Gasteiger partial charge in [-0.05, 0) is 33.7 Å². The van der Waals surface area contributed by atoms with Gasteiger partial charge >= 0.3 is 8.80 Å². The smallest absolute Gasteiger partial charge is 0.374 e. The average molecular weight is 264 g/mol. The van der Waals surface area contributed by atoms with Crippen LogP contribution in [-0.2, 0) is 13.3 Å². The second-order valence-corrected chi connectivity index (χ2v) is 6.55. The first-order chi connectivity index (χ1) is 8.64. The minimum absolute atomic E-state index is 0.128. The standard InChI is InChI=1S/C12H29NO3Si/c1-6-10-11-17(14-8-3,15-9-4)16-12(5)13-7-2/h12-13H,6-11H2,1-5H3/i2D. The van der Waals surface area contributed by atoms with E-state index in [9.17, 15) is 0 Å². The minimum atomic E-state index is -2.55. The molecule has 0 spiro atoms. The van der Waals surface area contributed by atoms with Crippen LogP contribution in [0.15, 0.2) is 0 Å². The van der Waals surface area contributed by atoms with Crippen LogP contribution >= 0.6 is 0 Å². The van der Waals surface area contributed by atoms with E-state index in [0.717, 1.165) is 18.9 Å². The van der Waals surface area contributed by atoms with Crippen LogP contribution in [0.2, 0.25) is 6.04 Å². The molecule has 0 saturated carbocycles. The number of nitrogens with one attached hydrogen (secondary N) is 1. The molecular formula is C12H29NO3Si. The van der Waals surface area contributed by atoms with Crippen molar-refractivity contribution in [1.29, 1.82) is 0 Å². The van der Waals surface area contributed by atoms with E-state index in [4.69, 9.17) is 14.6 Å². The monoisotopic (exact) mass is 264 g/mol. The lowest BCUT2D eigenvalue weighted by atomic mass is 10.4. The Morgan fingerprint density at radius 3 is 2.35 bits per heavy atom. The van der Waals surface area contributed by atoms with E-state index in [1.54, 1.807) is 0 Å². The van der Waals surface area contributed by atoms with E-state index in [1.165, 1.54) is 0 Å². The van der Waals surface area contributed by atoms with Gasteiger partial charge in [-0.15, -0.1) is 0 Å². The van der Waals surface area contributed by atoms with Crippen LogP contribution in [0, 0.1) is 0 Å². The molecule has 0 aliphatic carbocycles. The molecule has 0 rings (SSSR count). The zero-order valence-electron chi connectivity index (χ0n) is 12.8. The van der Waals surface area contributed by atoms with E-state index in [1.807, 2.05) is 20.8 Å². The zero-order valence-corrected chi connectivity index (χ0v) is 12.8. The molecule has 0 radical (unpaired) electrons. The van der Waals surface area contributed by atoms with Crippen molar-refractivity contribution in [3.05, 3.63) is 0 Å². The summed E-state index contributed by atoms with van der Waals surface area (Å²) in [7, 11) is -2.55. The van der Waals surface area contributed by atoms with Gasteiger partial charge < -0.3 is 13.3 Å². The molecule has 0 amide bonds. The molecule has 4 nitrogen and oxygen atoms in total. The summed E-state index contributed by atoms with van der Waals surface area (Å²) in [6, 6.07) is 0.859. The maximum absolute atomic E-state index is 7.13. The van der Waals surface area contributed by atoms with Crippen LogP contribution in [-0.4, -0.2) is 34.8 Å². The number of hydrogen-bond acceptors (Lipinski definition) is 4.